The average molecular weight is 652 g/mol. The molecule has 4 aromatic rings. The minimum atomic E-state index is -5.07. The smallest absolute Gasteiger partial charge is 0.417 e. The number of halogens is 5. The van der Waals surface area contributed by atoms with E-state index in [9.17, 15) is 23.2 Å². The molecule has 0 bridgehead atoms. The third-order valence-corrected chi connectivity index (χ3v) is 8.35. The van der Waals surface area contributed by atoms with Crippen LogP contribution in [0.4, 0.5) is 37.6 Å². The van der Waals surface area contributed by atoms with Gasteiger partial charge in [0.05, 0.1) is 22.4 Å². The highest BCUT2D eigenvalue weighted by Crippen LogP contribution is 2.48. The van der Waals surface area contributed by atoms with Crippen molar-refractivity contribution in [1.29, 1.82) is 5.26 Å². The number of thioether (sulfide) groups is 1. The van der Waals surface area contributed by atoms with Crippen LogP contribution in [0.3, 0.4) is 0 Å². The van der Waals surface area contributed by atoms with Gasteiger partial charge in [-0.05, 0) is 51.1 Å². The summed E-state index contributed by atoms with van der Waals surface area (Å²) in [7, 11) is 0. The molecule has 3 heterocycles. The number of nitriles is 1. The molecule has 0 saturated carbocycles. The quantitative estimate of drug-likeness (QED) is 0.135. The molecule has 0 unspecified atom stereocenters. The Bertz CT molecular complexity index is 1810. The summed E-state index contributed by atoms with van der Waals surface area (Å²) in [6.45, 7) is 6.37. The number of amides is 1. The van der Waals surface area contributed by atoms with E-state index in [4.69, 9.17) is 9.47 Å². The molecule has 1 fully saturated rings. The molecule has 232 valence electrons. The number of carbonyl (C=O) groups is 1. The molecule has 8 nitrogen and oxygen atoms in total. The van der Waals surface area contributed by atoms with E-state index in [2.05, 4.69) is 15.3 Å². The maximum atomic E-state index is 16.7. The first kappa shape index (κ1) is 31.7. The van der Waals surface area contributed by atoms with Crippen molar-refractivity contribution in [2.75, 3.05) is 42.8 Å². The second-order valence-electron chi connectivity index (χ2n) is 10.8. The molecule has 15 heteroatoms. The van der Waals surface area contributed by atoms with Gasteiger partial charge in [-0.15, -0.1) is 11.3 Å². The van der Waals surface area contributed by atoms with E-state index in [0.29, 0.717) is 44.1 Å². The molecule has 2 aromatic carbocycles. The van der Waals surface area contributed by atoms with Gasteiger partial charge in [-0.1, -0.05) is 17.8 Å². The molecule has 1 amide bonds. The second kappa shape index (κ2) is 12.0. The predicted octanol–water partition coefficient (Wildman–Crippen LogP) is 7.98. The first-order valence-corrected chi connectivity index (χ1v) is 15.4. The summed E-state index contributed by atoms with van der Waals surface area (Å²) in [5, 5.41) is 12.0. The van der Waals surface area contributed by atoms with Gasteiger partial charge < -0.3 is 14.4 Å². The van der Waals surface area contributed by atoms with E-state index in [-0.39, 0.29) is 48.1 Å². The first-order valence-electron chi connectivity index (χ1n) is 13.4. The van der Waals surface area contributed by atoms with Gasteiger partial charge in [0, 0.05) is 36.0 Å². The fraction of sp³-hybridized carbons (Fsp3) is 0.379. The zero-order chi connectivity index (χ0) is 32.0. The highest BCUT2D eigenvalue weighted by Gasteiger charge is 2.38. The molecule has 1 N–H and O–H groups in total. The Balaban J connectivity index is 1.81. The highest BCUT2D eigenvalue weighted by molar-refractivity contribution is 7.98. The van der Waals surface area contributed by atoms with E-state index in [0.717, 1.165) is 30.0 Å². The van der Waals surface area contributed by atoms with Crippen molar-refractivity contribution in [3.63, 3.8) is 0 Å². The highest BCUT2D eigenvalue weighted by atomic mass is 32.2. The van der Waals surface area contributed by atoms with E-state index in [1.54, 1.807) is 31.9 Å². The Morgan fingerprint density at radius 3 is 2.59 bits per heavy atom. The molecule has 1 aliphatic rings. The Kier molecular flexibility index (Phi) is 8.63. The number of hydrogen-bond donors (Lipinski definition) is 1. The van der Waals surface area contributed by atoms with Crippen LogP contribution in [0.25, 0.3) is 32.1 Å². The molecule has 1 saturated heterocycles. The molecule has 0 atom stereocenters. The number of carbonyl (C=O) groups excluding carboxylic acids is 1. The Hall–Kier alpha value is -3.74. The molecule has 0 spiro atoms. The third kappa shape index (κ3) is 6.11. The number of ether oxygens (including phenoxy) is 2. The summed E-state index contributed by atoms with van der Waals surface area (Å²) in [6, 6.07) is 4.52. The minimum absolute atomic E-state index is 0.141. The number of hydrogen-bond acceptors (Lipinski definition) is 9. The van der Waals surface area contributed by atoms with Crippen LogP contribution in [0, 0.1) is 23.0 Å². The van der Waals surface area contributed by atoms with Gasteiger partial charge in [0.1, 0.15) is 33.8 Å². The van der Waals surface area contributed by atoms with Crippen LogP contribution in [0.15, 0.2) is 23.4 Å². The number of thiophene rings is 1. The van der Waals surface area contributed by atoms with Crippen LogP contribution in [-0.2, 0) is 15.7 Å². The number of benzene rings is 2. The number of nitrogens with one attached hydrogen (secondary N) is 1. The lowest BCUT2D eigenvalue weighted by Crippen LogP contribution is -2.27. The van der Waals surface area contributed by atoms with Crippen molar-refractivity contribution in [3.8, 4) is 17.2 Å². The Morgan fingerprint density at radius 2 is 1.93 bits per heavy atom. The first-order chi connectivity index (χ1) is 20.7. The van der Waals surface area contributed by atoms with Crippen molar-refractivity contribution in [2.24, 2.45) is 0 Å². The molecule has 0 aliphatic carbocycles. The molecule has 0 radical (unpaired) electrons. The maximum absolute atomic E-state index is 16.7. The third-order valence-electron chi connectivity index (χ3n) is 6.69. The van der Waals surface area contributed by atoms with E-state index < -0.39 is 40.6 Å². The lowest BCUT2D eigenvalue weighted by molar-refractivity contribution is -0.137. The molecular weight excluding hydrogens is 625 g/mol. The Labute approximate surface area is 257 Å². The van der Waals surface area contributed by atoms with Gasteiger partial charge in [0.15, 0.2) is 11.0 Å². The zero-order valence-corrected chi connectivity index (χ0v) is 25.6. The summed E-state index contributed by atoms with van der Waals surface area (Å²) < 4.78 is 86.5. The molecular formula is C29H26F5N5O3S2. The summed E-state index contributed by atoms with van der Waals surface area (Å²) in [5.74, 6) is -2.03. The van der Waals surface area contributed by atoms with E-state index >= 15 is 8.78 Å². The number of fused-ring (bicyclic) bond motifs is 2. The van der Waals surface area contributed by atoms with Gasteiger partial charge >= 0.3 is 12.3 Å². The predicted molar refractivity (Wildman–Crippen MR) is 159 cm³/mol. The molecule has 1 aliphatic heterocycles. The van der Waals surface area contributed by atoms with Crippen molar-refractivity contribution in [3.05, 3.63) is 41.0 Å². The molecule has 5 rings (SSSR count). The average Bonchev–Trinajstić information content (AvgIpc) is 3.10. The van der Waals surface area contributed by atoms with E-state index in [1.807, 2.05) is 6.07 Å². The zero-order valence-electron chi connectivity index (χ0n) is 24.0. The van der Waals surface area contributed by atoms with Gasteiger partial charge in [0.25, 0.3) is 0 Å². The van der Waals surface area contributed by atoms with Gasteiger partial charge in [-0.3, -0.25) is 5.32 Å². The van der Waals surface area contributed by atoms with Crippen LogP contribution in [0.1, 0.15) is 38.3 Å². The van der Waals surface area contributed by atoms with Crippen molar-refractivity contribution >= 4 is 61.0 Å². The monoisotopic (exact) mass is 651 g/mol. The standard InChI is InChI=1S/C29H26F5N5O3S2/c1-28(2,3)42-27(40)38-25-16(13-35)19-14(6-7-18(30)23(19)44-25)20-17(29(32,33)34)12-15-22(21(20)31)36-26(43-4)37-24(15)39-8-5-10-41-11-9-39/h6-7,12H,5,8-11H2,1-4H3,(H,38,40). The van der Waals surface area contributed by atoms with Crippen LogP contribution >= 0.6 is 23.1 Å². The number of anilines is 2. The fourth-order valence-corrected chi connectivity index (χ4v) is 6.37. The van der Waals surface area contributed by atoms with Gasteiger partial charge in [0.2, 0.25) is 0 Å². The van der Waals surface area contributed by atoms with Crippen molar-refractivity contribution < 1.29 is 36.2 Å². The summed E-state index contributed by atoms with van der Waals surface area (Å²) in [5.41, 5.74) is -4.23. The van der Waals surface area contributed by atoms with Crippen molar-refractivity contribution in [1.82, 2.24) is 9.97 Å². The minimum Gasteiger partial charge on any atom is -0.444 e. The summed E-state index contributed by atoms with van der Waals surface area (Å²) in [4.78, 5) is 22.9. The number of aromatic nitrogens is 2. The lowest BCUT2D eigenvalue weighted by Gasteiger charge is -2.24. The fourth-order valence-electron chi connectivity index (χ4n) is 4.94. The number of alkyl halides is 3. The number of nitrogens with zero attached hydrogens (tertiary/aromatic N) is 4. The van der Waals surface area contributed by atoms with Crippen LogP contribution < -0.4 is 10.2 Å². The topological polar surface area (TPSA) is 100 Å². The van der Waals surface area contributed by atoms with E-state index in [1.165, 1.54) is 0 Å². The maximum Gasteiger partial charge on any atom is 0.417 e. The second-order valence-corrected chi connectivity index (χ2v) is 12.6. The normalized spacial score (nSPS) is 14.5. The summed E-state index contributed by atoms with van der Waals surface area (Å²) >= 11 is 1.73. The summed E-state index contributed by atoms with van der Waals surface area (Å²) in [6.07, 6.45) is -3.77. The van der Waals surface area contributed by atoms with Crippen LogP contribution in [0.5, 0.6) is 0 Å². The largest absolute Gasteiger partial charge is 0.444 e. The lowest BCUT2D eigenvalue weighted by atomic mass is 9.92. The van der Waals surface area contributed by atoms with Crippen molar-refractivity contribution in [2.45, 2.75) is 44.1 Å². The SMILES string of the molecule is CSc1nc(N2CCCOCC2)c2cc(C(F)(F)F)c(-c3ccc(F)c4sc(NC(=O)OC(C)(C)C)c(C#N)c34)c(F)c2n1. The molecule has 44 heavy (non-hydrogen) atoms. The molecule has 2 aromatic heterocycles. The van der Waals surface area contributed by atoms with Gasteiger partial charge in [-0.25, -0.2) is 23.5 Å². The van der Waals surface area contributed by atoms with Crippen LogP contribution in [-0.4, -0.2) is 54.2 Å². The Morgan fingerprint density at radius 1 is 1.18 bits per heavy atom. The van der Waals surface area contributed by atoms with Crippen LogP contribution in [0.2, 0.25) is 0 Å². The van der Waals surface area contributed by atoms with Gasteiger partial charge in [-0.2, -0.15) is 18.4 Å². The number of rotatable bonds is 4.